The number of fused-ring (bicyclic) bond motifs is 1. The number of rotatable bonds is 0. The average Bonchev–Trinajstić information content (AvgIpc) is 2.12. The van der Waals surface area contributed by atoms with Gasteiger partial charge in [-0.2, -0.15) is 0 Å². The zero-order chi connectivity index (χ0) is 9.42. The zero-order valence-corrected chi connectivity index (χ0v) is 6.96. The highest BCUT2D eigenvalue weighted by atomic mass is 19.1. The van der Waals surface area contributed by atoms with Crippen LogP contribution in [-0.2, 0) is 0 Å². The van der Waals surface area contributed by atoms with Gasteiger partial charge >= 0.3 is 0 Å². The van der Waals surface area contributed by atoms with Gasteiger partial charge in [0.2, 0.25) is 0 Å². The molecule has 2 rings (SSSR count). The van der Waals surface area contributed by atoms with Gasteiger partial charge in [-0.15, -0.1) is 0 Å². The second-order valence-corrected chi connectivity index (χ2v) is 3.05. The molecule has 4 heteroatoms. The highest BCUT2D eigenvalue weighted by Crippen LogP contribution is 2.36. The summed E-state index contributed by atoms with van der Waals surface area (Å²) in [5, 5.41) is 9.11. The molecule has 3 N–H and O–H groups in total. The predicted octanol–water partition coefficient (Wildman–Crippen LogP) is 1.31. The Kier molecular flexibility index (Phi) is 1.84. The van der Waals surface area contributed by atoms with Crippen molar-refractivity contribution in [3.05, 3.63) is 23.5 Å². The molecule has 70 valence electrons. The molecule has 1 atom stereocenters. The Balaban J connectivity index is 2.58. The monoisotopic (exact) mass is 183 g/mol. The van der Waals surface area contributed by atoms with Crippen LogP contribution >= 0.6 is 0 Å². The first-order valence-corrected chi connectivity index (χ1v) is 4.10. The molecule has 0 fully saturated rings. The van der Waals surface area contributed by atoms with E-state index in [1.165, 1.54) is 12.1 Å². The number of phenols is 1. The highest BCUT2D eigenvalue weighted by molar-refractivity contribution is 5.44. The molecular weight excluding hydrogens is 173 g/mol. The van der Waals surface area contributed by atoms with Crippen LogP contribution in [0.15, 0.2) is 12.1 Å². The van der Waals surface area contributed by atoms with E-state index in [9.17, 15) is 4.39 Å². The van der Waals surface area contributed by atoms with E-state index in [0.717, 1.165) is 0 Å². The lowest BCUT2D eigenvalue weighted by atomic mass is 10.0. The maximum atomic E-state index is 13.3. The van der Waals surface area contributed by atoms with Gasteiger partial charge in [0.05, 0.1) is 12.2 Å². The molecule has 0 spiro atoms. The van der Waals surface area contributed by atoms with Crippen LogP contribution in [0.2, 0.25) is 0 Å². The molecule has 0 radical (unpaired) electrons. The molecule has 0 amide bonds. The number of aromatic hydroxyl groups is 1. The fourth-order valence-corrected chi connectivity index (χ4v) is 1.48. The van der Waals surface area contributed by atoms with E-state index in [2.05, 4.69) is 0 Å². The van der Waals surface area contributed by atoms with Gasteiger partial charge in [0.15, 0.2) is 11.6 Å². The van der Waals surface area contributed by atoms with Crippen LogP contribution < -0.4 is 10.5 Å². The first-order valence-electron chi connectivity index (χ1n) is 4.10. The third-order valence-corrected chi connectivity index (χ3v) is 2.18. The van der Waals surface area contributed by atoms with Crippen molar-refractivity contribution in [1.82, 2.24) is 0 Å². The van der Waals surface area contributed by atoms with Gasteiger partial charge < -0.3 is 15.6 Å². The summed E-state index contributed by atoms with van der Waals surface area (Å²) in [6.45, 7) is 0.498. The maximum absolute atomic E-state index is 13.3. The summed E-state index contributed by atoms with van der Waals surface area (Å²) in [4.78, 5) is 0. The zero-order valence-electron chi connectivity index (χ0n) is 6.96. The van der Waals surface area contributed by atoms with Gasteiger partial charge in [-0.3, -0.25) is 0 Å². The Hall–Kier alpha value is -1.29. The summed E-state index contributed by atoms with van der Waals surface area (Å²) in [6.07, 6.45) is 0.577. The van der Waals surface area contributed by atoms with E-state index in [1.54, 1.807) is 0 Å². The molecule has 0 saturated carbocycles. The van der Waals surface area contributed by atoms with Crippen molar-refractivity contribution in [1.29, 1.82) is 0 Å². The Labute approximate surface area is 74.9 Å². The number of phenolic OH excluding ortho intramolecular Hbond substituents is 1. The Morgan fingerprint density at radius 1 is 1.54 bits per heavy atom. The first-order chi connectivity index (χ1) is 6.20. The standard InChI is InChI=1S/C9H10FNO2/c10-9-6(12)1-2-7-8(9)5(11)3-4-13-7/h1-2,5,12H,3-4,11H2/t5-/m1/s1. The van der Waals surface area contributed by atoms with E-state index in [4.69, 9.17) is 15.6 Å². The normalized spacial score (nSPS) is 20.6. The van der Waals surface area contributed by atoms with Crippen LogP contribution in [0.1, 0.15) is 18.0 Å². The molecular formula is C9H10FNO2. The quantitative estimate of drug-likeness (QED) is 0.637. The summed E-state index contributed by atoms with van der Waals surface area (Å²) in [7, 11) is 0. The van der Waals surface area contributed by atoms with E-state index < -0.39 is 5.82 Å². The topological polar surface area (TPSA) is 55.5 Å². The van der Waals surface area contributed by atoms with Crippen molar-refractivity contribution < 1.29 is 14.2 Å². The van der Waals surface area contributed by atoms with E-state index in [1.807, 2.05) is 0 Å². The van der Waals surface area contributed by atoms with E-state index in [-0.39, 0.29) is 17.4 Å². The first kappa shape index (κ1) is 8.31. The summed E-state index contributed by atoms with van der Waals surface area (Å²) in [5.41, 5.74) is 5.97. The number of nitrogens with two attached hydrogens (primary N) is 1. The number of ether oxygens (including phenoxy) is 1. The maximum Gasteiger partial charge on any atom is 0.173 e. The lowest BCUT2D eigenvalue weighted by Gasteiger charge is -2.23. The molecule has 0 aliphatic carbocycles. The van der Waals surface area contributed by atoms with Crippen LogP contribution in [0.3, 0.4) is 0 Å². The summed E-state index contributed by atoms with van der Waals surface area (Å²) >= 11 is 0. The van der Waals surface area contributed by atoms with Gasteiger partial charge in [0.25, 0.3) is 0 Å². The van der Waals surface area contributed by atoms with Crippen molar-refractivity contribution in [3.8, 4) is 11.5 Å². The minimum Gasteiger partial charge on any atom is -0.505 e. The van der Waals surface area contributed by atoms with Crippen LogP contribution in [0, 0.1) is 5.82 Å². The van der Waals surface area contributed by atoms with Gasteiger partial charge in [0.1, 0.15) is 5.75 Å². The fourth-order valence-electron chi connectivity index (χ4n) is 1.48. The molecule has 1 heterocycles. The van der Waals surface area contributed by atoms with Crippen LogP contribution in [0.4, 0.5) is 4.39 Å². The largest absolute Gasteiger partial charge is 0.505 e. The molecule has 1 aromatic carbocycles. The van der Waals surface area contributed by atoms with Crippen molar-refractivity contribution >= 4 is 0 Å². The van der Waals surface area contributed by atoms with Crippen molar-refractivity contribution in [2.75, 3.05) is 6.61 Å². The lowest BCUT2D eigenvalue weighted by Crippen LogP contribution is -2.21. The minimum atomic E-state index is -0.662. The van der Waals surface area contributed by atoms with E-state index in [0.29, 0.717) is 18.8 Å². The molecule has 0 saturated heterocycles. The van der Waals surface area contributed by atoms with Crippen LogP contribution in [0.5, 0.6) is 11.5 Å². The fraction of sp³-hybridized carbons (Fsp3) is 0.333. The average molecular weight is 183 g/mol. The summed E-state index contributed by atoms with van der Waals surface area (Å²) < 4.78 is 18.5. The number of benzene rings is 1. The van der Waals surface area contributed by atoms with Crippen LogP contribution in [0.25, 0.3) is 0 Å². The predicted molar refractivity (Wildman–Crippen MR) is 45.1 cm³/mol. The van der Waals surface area contributed by atoms with Gasteiger partial charge in [0, 0.05) is 12.5 Å². The molecule has 3 nitrogen and oxygen atoms in total. The number of hydrogen-bond donors (Lipinski definition) is 2. The second kappa shape index (κ2) is 2.88. The van der Waals surface area contributed by atoms with Crippen LogP contribution in [-0.4, -0.2) is 11.7 Å². The smallest absolute Gasteiger partial charge is 0.173 e. The summed E-state index contributed by atoms with van der Waals surface area (Å²) in [5.74, 6) is -0.599. The minimum absolute atomic E-state index is 0.284. The Morgan fingerprint density at radius 3 is 3.08 bits per heavy atom. The van der Waals surface area contributed by atoms with Crippen molar-refractivity contribution in [2.45, 2.75) is 12.5 Å². The third kappa shape index (κ3) is 1.23. The Bertz CT molecular complexity index is 341. The number of halogens is 1. The summed E-state index contributed by atoms with van der Waals surface area (Å²) in [6, 6.07) is 2.43. The molecule has 1 aromatic rings. The van der Waals surface area contributed by atoms with Gasteiger partial charge in [-0.25, -0.2) is 4.39 Å². The highest BCUT2D eigenvalue weighted by Gasteiger charge is 2.23. The lowest BCUT2D eigenvalue weighted by molar-refractivity contribution is 0.261. The third-order valence-electron chi connectivity index (χ3n) is 2.18. The van der Waals surface area contributed by atoms with Crippen molar-refractivity contribution in [2.24, 2.45) is 5.73 Å². The van der Waals surface area contributed by atoms with Crippen molar-refractivity contribution in [3.63, 3.8) is 0 Å². The Morgan fingerprint density at radius 2 is 2.31 bits per heavy atom. The molecule has 0 bridgehead atoms. The molecule has 0 unspecified atom stereocenters. The SMILES string of the molecule is N[C@@H]1CCOc2ccc(O)c(F)c21. The molecule has 1 aliphatic heterocycles. The second-order valence-electron chi connectivity index (χ2n) is 3.05. The van der Waals surface area contributed by atoms with Gasteiger partial charge in [-0.05, 0) is 12.1 Å². The number of hydrogen-bond acceptors (Lipinski definition) is 3. The molecule has 0 aromatic heterocycles. The van der Waals surface area contributed by atoms with Gasteiger partial charge in [-0.1, -0.05) is 0 Å². The van der Waals surface area contributed by atoms with E-state index >= 15 is 0 Å². The molecule has 13 heavy (non-hydrogen) atoms. The molecule has 1 aliphatic rings.